The lowest BCUT2D eigenvalue weighted by molar-refractivity contribution is 0.305. The van der Waals surface area contributed by atoms with Gasteiger partial charge < -0.3 is 4.74 Å². The van der Waals surface area contributed by atoms with E-state index in [4.69, 9.17) is 12.6 Å². The average molecular weight is 301 g/mol. The summed E-state index contributed by atoms with van der Waals surface area (Å²) in [5.74, 6) is 0.558. The van der Waals surface area contributed by atoms with Crippen molar-refractivity contribution in [3.8, 4) is 11.4 Å². The topological polar surface area (TPSA) is 31.2 Å². The van der Waals surface area contributed by atoms with Crippen LogP contribution in [-0.2, 0) is 6.61 Å². The number of hydrogen-bond donors (Lipinski definition) is 0. The first-order valence-electron chi connectivity index (χ1n) is 7.39. The molecule has 23 heavy (non-hydrogen) atoms. The van der Waals surface area contributed by atoms with Crippen LogP contribution in [0.15, 0.2) is 71.7 Å². The largest absolute Gasteiger partial charge is 0.489 e. The summed E-state index contributed by atoms with van der Waals surface area (Å²) in [5.41, 5.74) is 3.37. The van der Waals surface area contributed by atoms with Crippen molar-refractivity contribution in [1.29, 1.82) is 0 Å². The normalized spacial score (nSPS) is 10.5. The zero-order valence-electron chi connectivity index (χ0n) is 12.9. The minimum atomic E-state index is -0.139. The highest BCUT2D eigenvalue weighted by atomic mass is 16.5. The Morgan fingerprint density at radius 1 is 1.04 bits per heavy atom. The first-order valence-corrected chi connectivity index (χ1v) is 7.39. The van der Waals surface area contributed by atoms with Gasteiger partial charge in [-0.25, -0.2) is 0 Å². The highest BCUT2D eigenvalue weighted by Crippen LogP contribution is 2.12. The smallest absolute Gasteiger partial charge is 0.258 e. The van der Waals surface area contributed by atoms with Crippen molar-refractivity contribution in [1.82, 2.24) is 4.57 Å². The summed E-state index contributed by atoms with van der Waals surface area (Å²) in [4.78, 5) is 12.3. The lowest BCUT2D eigenvalue weighted by atomic mass is 9.91. The van der Waals surface area contributed by atoms with Gasteiger partial charge in [-0.2, -0.15) is 0 Å². The molecule has 2 radical (unpaired) electrons. The summed E-state index contributed by atoms with van der Waals surface area (Å²) in [5, 5.41) is 0. The second-order valence-corrected chi connectivity index (χ2v) is 5.39. The Hall–Kier alpha value is -2.75. The van der Waals surface area contributed by atoms with E-state index in [0.717, 1.165) is 16.8 Å². The minimum Gasteiger partial charge on any atom is -0.489 e. The van der Waals surface area contributed by atoms with Gasteiger partial charge in [0.1, 0.15) is 20.2 Å². The lowest BCUT2D eigenvalue weighted by Gasteiger charge is -2.10. The molecule has 0 fully saturated rings. The van der Waals surface area contributed by atoms with Crippen LogP contribution >= 0.6 is 0 Å². The van der Waals surface area contributed by atoms with Gasteiger partial charge in [0.2, 0.25) is 0 Å². The fourth-order valence-electron chi connectivity index (χ4n) is 2.31. The maximum atomic E-state index is 12.3. The van der Waals surface area contributed by atoms with Gasteiger partial charge in [0.15, 0.2) is 0 Å². The zero-order valence-corrected chi connectivity index (χ0v) is 12.9. The molecule has 0 N–H and O–H groups in total. The number of aryl methyl sites for hydroxylation is 1. The number of pyridine rings is 1. The first kappa shape index (κ1) is 15.2. The molecule has 0 aliphatic rings. The maximum absolute atomic E-state index is 12.3. The van der Waals surface area contributed by atoms with Crippen molar-refractivity contribution in [2.24, 2.45) is 0 Å². The van der Waals surface area contributed by atoms with E-state index in [9.17, 15) is 4.79 Å². The Labute approximate surface area is 136 Å². The van der Waals surface area contributed by atoms with Gasteiger partial charge in [0, 0.05) is 18.0 Å². The number of rotatable bonds is 4. The molecule has 0 amide bonds. The standard InChI is InChI=1S/C19H16BNO2/c1-14-11-16(7-8-18(14)20)21-10-9-17(12-19(21)22)23-13-15-5-3-2-4-6-15/h2-12H,13H2,1H3. The third kappa shape index (κ3) is 3.54. The van der Waals surface area contributed by atoms with E-state index in [1.165, 1.54) is 6.07 Å². The van der Waals surface area contributed by atoms with Gasteiger partial charge in [0.05, 0.1) is 0 Å². The summed E-state index contributed by atoms with van der Waals surface area (Å²) in [6.45, 7) is 2.35. The monoisotopic (exact) mass is 301 g/mol. The molecule has 3 rings (SSSR count). The summed E-state index contributed by atoms with van der Waals surface area (Å²) >= 11 is 0. The molecule has 2 aromatic carbocycles. The van der Waals surface area contributed by atoms with Gasteiger partial charge in [-0.15, -0.1) is 0 Å². The highest BCUT2D eigenvalue weighted by Gasteiger charge is 2.04. The quantitative estimate of drug-likeness (QED) is 0.693. The average Bonchev–Trinajstić information content (AvgIpc) is 2.57. The van der Waals surface area contributed by atoms with Gasteiger partial charge in [-0.05, 0) is 30.7 Å². The summed E-state index contributed by atoms with van der Waals surface area (Å²) in [6.07, 6.45) is 1.72. The predicted octanol–water partition coefficient (Wildman–Crippen LogP) is 2.52. The second kappa shape index (κ2) is 6.57. The molecule has 0 unspecified atom stereocenters. The molecular weight excluding hydrogens is 285 g/mol. The molecule has 0 saturated carbocycles. The number of nitrogens with zero attached hydrogens (tertiary/aromatic N) is 1. The Morgan fingerprint density at radius 3 is 2.52 bits per heavy atom. The van der Waals surface area contributed by atoms with E-state index in [1.807, 2.05) is 49.4 Å². The molecule has 1 aromatic heterocycles. The van der Waals surface area contributed by atoms with Crippen molar-refractivity contribution >= 4 is 13.3 Å². The van der Waals surface area contributed by atoms with Crippen molar-refractivity contribution in [2.75, 3.05) is 0 Å². The molecule has 0 saturated heterocycles. The minimum absolute atomic E-state index is 0.139. The van der Waals surface area contributed by atoms with E-state index in [0.29, 0.717) is 17.8 Å². The summed E-state index contributed by atoms with van der Waals surface area (Å²) in [6, 6.07) is 18.6. The van der Waals surface area contributed by atoms with Crippen LogP contribution in [0.5, 0.6) is 5.75 Å². The molecular formula is C19H16BNO2. The van der Waals surface area contributed by atoms with E-state index >= 15 is 0 Å². The lowest BCUT2D eigenvalue weighted by Crippen LogP contribution is -2.18. The van der Waals surface area contributed by atoms with Crippen molar-refractivity contribution in [2.45, 2.75) is 13.5 Å². The van der Waals surface area contributed by atoms with Gasteiger partial charge in [-0.3, -0.25) is 9.36 Å². The number of aromatic nitrogens is 1. The highest BCUT2D eigenvalue weighted by molar-refractivity contribution is 6.33. The van der Waals surface area contributed by atoms with Crippen LogP contribution < -0.4 is 15.8 Å². The molecule has 3 aromatic rings. The second-order valence-electron chi connectivity index (χ2n) is 5.39. The third-order valence-electron chi connectivity index (χ3n) is 3.67. The van der Waals surface area contributed by atoms with Crippen molar-refractivity contribution in [3.05, 3.63) is 88.3 Å². The van der Waals surface area contributed by atoms with E-state index in [2.05, 4.69) is 0 Å². The van der Waals surface area contributed by atoms with Crippen LogP contribution in [0.4, 0.5) is 0 Å². The van der Waals surface area contributed by atoms with Gasteiger partial charge in [0.25, 0.3) is 5.56 Å². The number of ether oxygens (including phenoxy) is 1. The molecule has 112 valence electrons. The summed E-state index contributed by atoms with van der Waals surface area (Å²) in [7, 11) is 5.82. The SMILES string of the molecule is [B]c1ccc(-n2ccc(OCc3ccccc3)cc2=O)cc1C. The Balaban J connectivity index is 1.80. The molecule has 4 heteroatoms. The van der Waals surface area contributed by atoms with Crippen molar-refractivity contribution < 1.29 is 4.74 Å². The summed E-state index contributed by atoms with van der Waals surface area (Å²) < 4.78 is 7.24. The van der Waals surface area contributed by atoms with Crippen LogP contribution in [0, 0.1) is 6.92 Å². The maximum Gasteiger partial charge on any atom is 0.258 e. The fraction of sp³-hybridized carbons (Fsp3) is 0.105. The first-order chi connectivity index (χ1) is 11.1. The Kier molecular flexibility index (Phi) is 4.33. The predicted molar refractivity (Wildman–Crippen MR) is 92.9 cm³/mol. The fourth-order valence-corrected chi connectivity index (χ4v) is 2.31. The number of benzene rings is 2. The van der Waals surface area contributed by atoms with Crippen LogP contribution in [-0.4, -0.2) is 12.4 Å². The van der Waals surface area contributed by atoms with Crippen molar-refractivity contribution in [3.63, 3.8) is 0 Å². The van der Waals surface area contributed by atoms with Crippen LogP contribution in [0.3, 0.4) is 0 Å². The molecule has 0 bridgehead atoms. The molecule has 0 aliphatic carbocycles. The van der Waals surface area contributed by atoms with Crippen LogP contribution in [0.2, 0.25) is 0 Å². The van der Waals surface area contributed by atoms with E-state index in [1.54, 1.807) is 22.9 Å². The Morgan fingerprint density at radius 2 is 1.83 bits per heavy atom. The molecule has 0 atom stereocenters. The Bertz CT molecular complexity index is 872. The van der Waals surface area contributed by atoms with E-state index in [-0.39, 0.29) is 5.56 Å². The van der Waals surface area contributed by atoms with Crippen LogP contribution in [0.1, 0.15) is 11.1 Å². The molecule has 1 heterocycles. The molecule has 3 nitrogen and oxygen atoms in total. The molecule has 0 spiro atoms. The molecule has 0 aliphatic heterocycles. The van der Waals surface area contributed by atoms with Gasteiger partial charge >= 0.3 is 0 Å². The van der Waals surface area contributed by atoms with Crippen LogP contribution in [0.25, 0.3) is 5.69 Å². The zero-order chi connectivity index (χ0) is 16.2. The third-order valence-corrected chi connectivity index (χ3v) is 3.67. The number of hydrogen-bond acceptors (Lipinski definition) is 2. The van der Waals surface area contributed by atoms with Gasteiger partial charge in [-0.1, -0.05) is 47.4 Å². The van der Waals surface area contributed by atoms with E-state index < -0.39 is 0 Å².